The van der Waals surface area contributed by atoms with Gasteiger partial charge >= 0.3 is 0 Å². The lowest BCUT2D eigenvalue weighted by Gasteiger charge is -2.31. The monoisotopic (exact) mass is 361 g/mol. The Morgan fingerprint density at radius 1 is 1.08 bits per heavy atom. The molecule has 1 fully saturated rings. The Hall–Kier alpha value is -1.66. The second-order valence-electron chi connectivity index (χ2n) is 6.69. The molecule has 1 aliphatic rings. The van der Waals surface area contributed by atoms with Crippen LogP contribution in [0, 0.1) is 5.92 Å². The van der Waals surface area contributed by atoms with Crippen LogP contribution < -0.4 is 0 Å². The zero-order chi connectivity index (χ0) is 17.9. The van der Waals surface area contributed by atoms with Gasteiger partial charge in [0.15, 0.2) is 0 Å². The highest BCUT2D eigenvalue weighted by atomic mass is 32.2. The minimum absolute atomic E-state index is 0.408. The van der Waals surface area contributed by atoms with Crippen molar-refractivity contribution in [3.63, 3.8) is 0 Å². The highest BCUT2D eigenvalue weighted by Gasteiger charge is 2.29. The number of piperidine rings is 1. The van der Waals surface area contributed by atoms with Gasteiger partial charge in [-0.2, -0.15) is 4.31 Å². The number of aryl methyl sites for hydroxylation is 2. The van der Waals surface area contributed by atoms with Crippen LogP contribution in [-0.2, 0) is 29.4 Å². The van der Waals surface area contributed by atoms with Gasteiger partial charge in [0.25, 0.3) is 0 Å². The molecule has 0 saturated carbocycles. The van der Waals surface area contributed by atoms with Crippen LogP contribution in [0.25, 0.3) is 0 Å². The maximum atomic E-state index is 12.8. The van der Waals surface area contributed by atoms with Gasteiger partial charge in [-0.3, -0.25) is 0 Å². The number of hydrogen-bond acceptors (Lipinski definition) is 3. The van der Waals surface area contributed by atoms with Gasteiger partial charge in [-0.1, -0.05) is 26.0 Å². The molecule has 0 radical (unpaired) electrons. The molecule has 0 N–H and O–H groups in total. The summed E-state index contributed by atoms with van der Waals surface area (Å²) in [4.78, 5) is 4.77. The van der Waals surface area contributed by atoms with Crippen LogP contribution in [0.4, 0.5) is 0 Å². The molecule has 3 rings (SSSR count). The average Bonchev–Trinajstić information content (AvgIpc) is 3.09. The standard InChI is InChI=1S/C19H27N3O2S/c1-3-16-5-7-18(8-6-16)25(23,24)22-12-9-17(10-13-22)15-21-14-11-20-19(21)4-2/h5-8,11,14,17H,3-4,9-10,12-13,15H2,1-2H3. The molecule has 1 aliphatic heterocycles. The normalized spacial score (nSPS) is 17.0. The molecule has 0 unspecified atom stereocenters. The Labute approximate surface area is 150 Å². The van der Waals surface area contributed by atoms with Crippen LogP contribution in [0.2, 0.25) is 0 Å². The summed E-state index contributed by atoms with van der Waals surface area (Å²) in [7, 11) is -3.37. The number of imidazole rings is 1. The summed E-state index contributed by atoms with van der Waals surface area (Å²) in [5.41, 5.74) is 1.16. The van der Waals surface area contributed by atoms with Crippen LogP contribution >= 0.6 is 0 Å². The predicted octanol–water partition coefficient (Wildman–Crippen LogP) is 3.11. The van der Waals surface area contributed by atoms with Crippen molar-refractivity contribution < 1.29 is 8.42 Å². The first-order chi connectivity index (χ1) is 12.0. The maximum absolute atomic E-state index is 12.8. The van der Waals surface area contributed by atoms with Gasteiger partial charge in [-0.05, 0) is 42.9 Å². The number of hydrogen-bond donors (Lipinski definition) is 0. The molecule has 6 heteroatoms. The van der Waals surface area contributed by atoms with Crippen LogP contribution in [0.15, 0.2) is 41.6 Å². The molecule has 0 bridgehead atoms. The molecule has 0 spiro atoms. The zero-order valence-corrected chi connectivity index (χ0v) is 15.9. The summed E-state index contributed by atoms with van der Waals surface area (Å²) in [5, 5.41) is 0. The van der Waals surface area contributed by atoms with Crippen molar-refractivity contribution in [2.24, 2.45) is 5.92 Å². The molecule has 136 valence electrons. The molecule has 0 aliphatic carbocycles. The lowest BCUT2D eigenvalue weighted by molar-refractivity contribution is 0.251. The number of sulfonamides is 1. The molecule has 1 saturated heterocycles. The van der Waals surface area contributed by atoms with Crippen molar-refractivity contribution in [3.05, 3.63) is 48.0 Å². The topological polar surface area (TPSA) is 55.2 Å². The Morgan fingerprint density at radius 3 is 2.36 bits per heavy atom. The van der Waals surface area contributed by atoms with Crippen molar-refractivity contribution in [1.82, 2.24) is 13.9 Å². The third kappa shape index (κ3) is 3.96. The van der Waals surface area contributed by atoms with E-state index in [9.17, 15) is 8.42 Å². The third-order valence-electron chi connectivity index (χ3n) is 5.12. The smallest absolute Gasteiger partial charge is 0.243 e. The SMILES string of the molecule is CCc1ccc(S(=O)(=O)N2CCC(Cn3ccnc3CC)CC2)cc1. The van der Waals surface area contributed by atoms with Crippen LogP contribution in [0.3, 0.4) is 0 Å². The number of aromatic nitrogens is 2. The van der Waals surface area contributed by atoms with E-state index in [1.807, 2.05) is 24.5 Å². The maximum Gasteiger partial charge on any atom is 0.243 e. The molecular formula is C19H27N3O2S. The highest BCUT2D eigenvalue weighted by Crippen LogP contribution is 2.25. The van der Waals surface area contributed by atoms with Crippen molar-refractivity contribution >= 4 is 10.0 Å². The van der Waals surface area contributed by atoms with E-state index in [4.69, 9.17) is 0 Å². The summed E-state index contributed by atoms with van der Waals surface area (Å²) >= 11 is 0. The summed E-state index contributed by atoms with van der Waals surface area (Å²) < 4.78 is 29.5. The zero-order valence-electron chi connectivity index (χ0n) is 15.1. The van der Waals surface area contributed by atoms with Crippen LogP contribution in [0.5, 0.6) is 0 Å². The summed E-state index contributed by atoms with van der Waals surface area (Å²) in [6.45, 7) is 6.30. The molecule has 5 nitrogen and oxygen atoms in total. The van der Waals surface area contributed by atoms with E-state index in [1.54, 1.807) is 16.4 Å². The first kappa shape index (κ1) is 18.1. The fraction of sp³-hybridized carbons (Fsp3) is 0.526. The van der Waals surface area contributed by atoms with Crippen molar-refractivity contribution in [2.75, 3.05) is 13.1 Å². The van der Waals surface area contributed by atoms with E-state index in [-0.39, 0.29) is 0 Å². The van der Waals surface area contributed by atoms with Gasteiger partial charge in [0.2, 0.25) is 10.0 Å². The summed E-state index contributed by atoms with van der Waals surface area (Å²) in [5.74, 6) is 1.61. The first-order valence-corrected chi connectivity index (χ1v) is 10.6. The van der Waals surface area contributed by atoms with Gasteiger partial charge in [-0.25, -0.2) is 13.4 Å². The number of rotatable bonds is 6. The second kappa shape index (κ2) is 7.70. The highest BCUT2D eigenvalue weighted by molar-refractivity contribution is 7.89. The van der Waals surface area contributed by atoms with E-state index in [1.165, 1.54) is 0 Å². The van der Waals surface area contributed by atoms with E-state index in [0.29, 0.717) is 23.9 Å². The fourth-order valence-electron chi connectivity index (χ4n) is 3.48. The molecule has 1 aromatic heterocycles. The minimum atomic E-state index is -3.37. The van der Waals surface area contributed by atoms with E-state index in [2.05, 4.69) is 23.4 Å². The summed E-state index contributed by atoms with van der Waals surface area (Å²) in [6, 6.07) is 7.29. The molecule has 25 heavy (non-hydrogen) atoms. The third-order valence-corrected chi connectivity index (χ3v) is 7.03. The van der Waals surface area contributed by atoms with Crippen molar-refractivity contribution in [3.8, 4) is 0 Å². The van der Waals surface area contributed by atoms with Crippen LogP contribution in [-0.4, -0.2) is 35.4 Å². The molecule has 2 heterocycles. The summed E-state index contributed by atoms with van der Waals surface area (Å²) in [6.07, 6.45) is 7.50. The van der Waals surface area contributed by atoms with Crippen molar-refractivity contribution in [1.29, 1.82) is 0 Å². The van der Waals surface area contributed by atoms with E-state index in [0.717, 1.165) is 43.6 Å². The molecule has 1 aromatic carbocycles. The first-order valence-electron chi connectivity index (χ1n) is 9.13. The van der Waals surface area contributed by atoms with E-state index < -0.39 is 10.0 Å². The second-order valence-corrected chi connectivity index (χ2v) is 8.63. The van der Waals surface area contributed by atoms with Crippen LogP contribution in [0.1, 0.15) is 38.1 Å². The quantitative estimate of drug-likeness (QED) is 0.794. The van der Waals surface area contributed by atoms with Gasteiger partial charge in [-0.15, -0.1) is 0 Å². The van der Waals surface area contributed by atoms with Gasteiger partial charge < -0.3 is 4.57 Å². The van der Waals surface area contributed by atoms with Gasteiger partial charge in [0.05, 0.1) is 4.90 Å². The Kier molecular flexibility index (Phi) is 5.59. The average molecular weight is 362 g/mol. The molecule has 0 amide bonds. The van der Waals surface area contributed by atoms with Gasteiger partial charge in [0.1, 0.15) is 5.82 Å². The Bertz CT molecular complexity index is 788. The van der Waals surface area contributed by atoms with Gasteiger partial charge in [0, 0.05) is 38.4 Å². The minimum Gasteiger partial charge on any atom is -0.335 e. The fourth-order valence-corrected chi connectivity index (χ4v) is 4.95. The van der Waals surface area contributed by atoms with Crippen molar-refractivity contribution in [2.45, 2.75) is 51.0 Å². The Morgan fingerprint density at radius 2 is 1.76 bits per heavy atom. The Balaban J connectivity index is 1.62. The largest absolute Gasteiger partial charge is 0.335 e. The lowest BCUT2D eigenvalue weighted by atomic mass is 9.98. The lowest BCUT2D eigenvalue weighted by Crippen LogP contribution is -2.39. The molecule has 0 atom stereocenters. The molecular weight excluding hydrogens is 334 g/mol. The van der Waals surface area contributed by atoms with E-state index >= 15 is 0 Å². The number of nitrogens with zero attached hydrogens (tertiary/aromatic N) is 3. The predicted molar refractivity (Wildman–Crippen MR) is 98.9 cm³/mol. The molecule has 2 aromatic rings. The number of benzene rings is 1.